The highest BCUT2D eigenvalue weighted by molar-refractivity contribution is 5.93. The number of nitrogens with zero attached hydrogens (tertiary/aromatic N) is 3. The summed E-state index contributed by atoms with van der Waals surface area (Å²) in [5.41, 5.74) is 1.60. The number of amides is 2. The first-order valence-electron chi connectivity index (χ1n) is 10.2. The van der Waals surface area contributed by atoms with Crippen molar-refractivity contribution < 1.29 is 9.59 Å². The predicted molar refractivity (Wildman–Crippen MR) is 108 cm³/mol. The van der Waals surface area contributed by atoms with Crippen molar-refractivity contribution in [1.29, 1.82) is 0 Å². The van der Waals surface area contributed by atoms with Gasteiger partial charge in [-0.15, -0.1) is 0 Å². The summed E-state index contributed by atoms with van der Waals surface area (Å²) in [5, 5.41) is 0. The fourth-order valence-corrected chi connectivity index (χ4v) is 4.44. The molecule has 4 rings (SSSR count). The lowest BCUT2D eigenvalue weighted by Gasteiger charge is -2.47. The molecule has 0 aliphatic carbocycles. The lowest BCUT2D eigenvalue weighted by molar-refractivity contribution is -0.138. The number of hydrogen-bond acceptors (Lipinski definition) is 4. The van der Waals surface area contributed by atoms with Crippen molar-refractivity contribution in [2.45, 2.75) is 32.1 Å². The monoisotopic (exact) mass is 394 g/mol. The number of carbonyl (C=O) groups is 2. The molecular formula is C22H26N4O3. The zero-order valence-electron chi connectivity index (χ0n) is 16.5. The van der Waals surface area contributed by atoms with Gasteiger partial charge >= 0.3 is 0 Å². The lowest BCUT2D eigenvalue weighted by Crippen LogP contribution is -2.52. The summed E-state index contributed by atoms with van der Waals surface area (Å²) in [7, 11) is 0. The SMILES string of the molecule is O=C1CCC2(CCN(C(=O)c3ccc(=O)[nH]c3)CC2)CN1CCc1ccncc1. The maximum atomic E-state index is 12.7. The Hall–Kier alpha value is -2.96. The average molecular weight is 394 g/mol. The van der Waals surface area contributed by atoms with Gasteiger partial charge in [0.1, 0.15) is 0 Å². The number of carbonyl (C=O) groups excluding carboxylic acids is 2. The second-order valence-corrected chi connectivity index (χ2v) is 8.15. The minimum Gasteiger partial charge on any atom is -0.342 e. The van der Waals surface area contributed by atoms with Crippen LogP contribution in [0.1, 0.15) is 41.6 Å². The number of hydrogen-bond donors (Lipinski definition) is 1. The molecule has 2 fully saturated rings. The first kappa shape index (κ1) is 19.4. The highest BCUT2D eigenvalue weighted by atomic mass is 16.2. The molecule has 0 aromatic carbocycles. The van der Waals surface area contributed by atoms with E-state index >= 15 is 0 Å². The van der Waals surface area contributed by atoms with Crippen LogP contribution in [0.2, 0.25) is 0 Å². The van der Waals surface area contributed by atoms with E-state index in [1.807, 2.05) is 21.9 Å². The summed E-state index contributed by atoms with van der Waals surface area (Å²) in [6.45, 7) is 2.87. The fraction of sp³-hybridized carbons (Fsp3) is 0.455. The minimum atomic E-state index is -0.210. The number of nitrogens with one attached hydrogen (secondary N) is 1. The van der Waals surface area contributed by atoms with Gasteiger partial charge in [0.05, 0.1) is 5.56 Å². The lowest BCUT2D eigenvalue weighted by atomic mass is 9.72. The van der Waals surface area contributed by atoms with Gasteiger partial charge in [0.2, 0.25) is 11.5 Å². The predicted octanol–water partition coefficient (Wildman–Crippen LogP) is 1.86. The van der Waals surface area contributed by atoms with E-state index in [0.29, 0.717) is 25.1 Å². The summed E-state index contributed by atoms with van der Waals surface area (Å²) >= 11 is 0. The minimum absolute atomic E-state index is 0.0440. The van der Waals surface area contributed by atoms with Crippen molar-refractivity contribution in [1.82, 2.24) is 19.8 Å². The number of aromatic nitrogens is 2. The first-order chi connectivity index (χ1) is 14.0. The molecule has 152 valence electrons. The van der Waals surface area contributed by atoms with Crippen LogP contribution in [0, 0.1) is 5.41 Å². The van der Waals surface area contributed by atoms with Gasteiger partial charge < -0.3 is 14.8 Å². The molecule has 0 bridgehead atoms. The highest BCUT2D eigenvalue weighted by Crippen LogP contribution is 2.40. The van der Waals surface area contributed by atoms with Crippen LogP contribution in [-0.4, -0.2) is 57.8 Å². The van der Waals surface area contributed by atoms with Gasteiger partial charge in [0.15, 0.2) is 0 Å². The van der Waals surface area contributed by atoms with Gasteiger partial charge in [0.25, 0.3) is 5.91 Å². The summed E-state index contributed by atoms with van der Waals surface area (Å²) in [6, 6.07) is 6.94. The Morgan fingerprint density at radius 2 is 1.83 bits per heavy atom. The van der Waals surface area contributed by atoms with Gasteiger partial charge in [-0.25, -0.2) is 0 Å². The van der Waals surface area contributed by atoms with Gasteiger partial charge in [-0.05, 0) is 54.9 Å². The molecule has 1 N–H and O–H groups in total. The van der Waals surface area contributed by atoms with Crippen molar-refractivity contribution in [3.05, 3.63) is 64.3 Å². The van der Waals surface area contributed by atoms with Crippen LogP contribution in [-0.2, 0) is 11.2 Å². The Morgan fingerprint density at radius 3 is 2.52 bits per heavy atom. The molecule has 2 aromatic heterocycles. The fourth-order valence-electron chi connectivity index (χ4n) is 4.44. The van der Waals surface area contributed by atoms with Crippen LogP contribution in [0.25, 0.3) is 0 Å². The first-order valence-corrected chi connectivity index (χ1v) is 10.2. The third kappa shape index (κ3) is 4.39. The zero-order chi connectivity index (χ0) is 20.3. The van der Waals surface area contributed by atoms with E-state index in [0.717, 1.165) is 38.8 Å². The molecule has 4 heterocycles. The summed E-state index contributed by atoms with van der Waals surface area (Å²) < 4.78 is 0. The van der Waals surface area contributed by atoms with E-state index in [1.54, 1.807) is 18.5 Å². The molecule has 1 spiro atoms. The summed E-state index contributed by atoms with van der Waals surface area (Å²) in [5.74, 6) is 0.189. The van der Waals surface area contributed by atoms with Gasteiger partial charge in [0, 0.05) is 57.3 Å². The molecule has 0 atom stereocenters. The largest absolute Gasteiger partial charge is 0.342 e. The van der Waals surface area contributed by atoms with Crippen LogP contribution in [0.5, 0.6) is 0 Å². The number of piperidine rings is 2. The highest BCUT2D eigenvalue weighted by Gasteiger charge is 2.41. The molecule has 2 amide bonds. The smallest absolute Gasteiger partial charge is 0.255 e. The standard InChI is InChI=1S/C22H26N4O3/c27-19-2-1-18(15-24-19)21(29)25-13-8-22(9-14-25)7-3-20(28)26(16-22)12-6-17-4-10-23-11-5-17/h1-2,4-5,10-11,15H,3,6-9,12-14,16H2,(H,24,27). The Morgan fingerprint density at radius 1 is 1.07 bits per heavy atom. The van der Waals surface area contributed by atoms with Gasteiger partial charge in [-0.1, -0.05) is 0 Å². The van der Waals surface area contributed by atoms with Crippen LogP contribution in [0.3, 0.4) is 0 Å². The molecule has 7 nitrogen and oxygen atoms in total. The Balaban J connectivity index is 1.35. The maximum Gasteiger partial charge on any atom is 0.255 e. The van der Waals surface area contributed by atoms with Crippen molar-refractivity contribution in [3.63, 3.8) is 0 Å². The molecule has 7 heteroatoms. The molecule has 2 aliphatic heterocycles. The van der Waals surface area contributed by atoms with E-state index in [1.165, 1.54) is 17.8 Å². The van der Waals surface area contributed by atoms with E-state index < -0.39 is 0 Å². The zero-order valence-corrected chi connectivity index (χ0v) is 16.5. The maximum absolute atomic E-state index is 12.7. The summed E-state index contributed by atoms with van der Waals surface area (Å²) in [6.07, 6.45) is 9.18. The van der Waals surface area contributed by atoms with Crippen LogP contribution < -0.4 is 5.56 Å². The van der Waals surface area contributed by atoms with Gasteiger partial charge in [-0.3, -0.25) is 19.4 Å². The van der Waals surface area contributed by atoms with E-state index in [-0.39, 0.29) is 22.8 Å². The average Bonchev–Trinajstić information content (AvgIpc) is 2.76. The second kappa shape index (κ2) is 8.19. The molecule has 29 heavy (non-hydrogen) atoms. The van der Waals surface area contributed by atoms with E-state index in [9.17, 15) is 14.4 Å². The van der Waals surface area contributed by atoms with Crippen molar-refractivity contribution in [3.8, 4) is 0 Å². The molecule has 2 saturated heterocycles. The van der Waals surface area contributed by atoms with Crippen LogP contribution in [0.4, 0.5) is 0 Å². The Kier molecular flexibility index (Phi) is 5.47. The van der Waals surface area contributed by atoms with E-state index in [2.05, 4.69) is 9.97 Å². The van der Waals surface area contributed by atoms with Crippen LogP contribution >= 0.6 is 0 Å². The topological polar surface area (TPSA) is 86.4 Å². The molecule has 0 saturated carbocycles. The van der Waals surface area contributed by atoms with Crippen molar-refractivity contribution in [2.75, 3.05) is 26.2 Å². The number of likely N-dealkylation sites (tertiary alicyclic amines) is 2. The van der Waals surface area contributed by atoms with Gasteiger partial charge in [-0.2, -0.15) is 0 Å². The molecule has 0 radical (unpaired) electrons. The van der Waals surface area contributed by atoms with E-state index in [4.69, 9.17) is 0 Å². The number of aromatic amines is 1. The number of rotatable bonds is 4. The number of H-pyrrole nitrogens is 1. The van der Waals surface area contributed by atoms with Crippen molar-refractivity contribution >= 4 is 11.8 Å². The molecule has 2 aliphatic rings. The quantitative estimate of drug-likeness (QED) is 0.858. The summed E-state index contributed by atoms with van der Waals surface area (Å²) in [4.78, 5) is 46.8. The Bertz CT molecular complexity index is 912. The van der Waals surface area contributed by atoms with Crippen molar-refractivity contribution in [2.24, 2.45) is 5.41 Å². The second-order valence-electron chi connectivity index (χ2n) is 8.15. The third-order valence-electron chi connectivity index (χ3n) is 6.31. The Labute approximate surface area is 169 Å². The molecular weight excluding hydrogens is 368 g/mol. The number of pyridine rings is 2. The molecule has 2 aromatic rings. The molecule has 0 unspecified atom stereocenters. The normalized spacial score (nSPS) is 18.8. The third-order valence-corrected chi connectivity index (χ3v) is 6.31. The van der Waals surface area contributed by atoms with Crippen LogP contribution in [0.15, 0.2) is 47.7 Å².